The van der Waals surface area contributed by atoms with Crippen molar-refractivity contribution in [3.8, 4) is 5.75 Å². The molecule has 1 rings (SSSR count). The first-order chi connectivity index (χ1) is 8.93. The summed E-state index contributed by atoms with van der Waals surface area (Å²) < 4.78 is 6.45. The maximum Gasteiger partial charge on any atom is 0.223 e. The summed E-state index contributed by atoms with van der Waals surface area (Å²) in [6.07, 6.45) is 0.303. The first-order valence-corrected chi connectivity index (χ1v) is 6.98. The first kappa shape index (κ1) is 16.0. The monoisotopic (exact) mass is 329 g/mol. The Morgan fingerprint density at radius 3 is 2.58 bits per heavy atom. The number of carbonyl (C=O) groups excluding carboxylic acids is 1. The Labute approximate surface area is 122 Å². The van der Waals surface area contributed by atoms with Crippen LogP contribution in [0.4, 0.5) is 0 Å². The third-order valence-corrected chi connectivity index (χ3v) is 3.13. The summed E-state index contributed by atoms with van der Waals surface area (Å²) in [5.74, 6) is 0.672. The number of hydrogen-bond acceptors (Lipinski definition) is 3. The highest BCUT2D eigenvalue weighted by Gasteiger charge is 2.17. The van der Waals surface area contributed by atoms with E-state index in [4.69, 9.17) is 9.84 Å². The molecule has 0 unspecified atom stereocenters. The lowest BCUT2D eigenvalue weighted by Gasteiger charge is -2.21. The van der Waals surface area contributed by atoms with Gasteiger partial charge in [0.25, 0.3) is 0 Å². The molecule has 1 aromatic carbocycles. The molecule has 0 bridgehead atoms. The van der Waals surface area contributed by atoms with Gasteiger partial charge in [0.2, 0.25) is 5.91 Å². The minimum absolute atomic E-state index is 0.0443. The van der Waals surface area contributed by atoms with Crippen molar-refractivity contribution in [1.29, 1.82) is 0 Å². The van der Waals surface area contributed by atoms with Crippen LogP contribution in [0, 0.1) is 5.41 Å². The average molecular weight is 330 g/mol. The Morgan fingerprint density at radius 1 is 1.37 bits per heavy atom. The summed E-state index contributed by atoms with van der Waals surface area (Å²) in [5, 5.41) is 11.9. The molecule has 1 aromatic rings. The van der Waals surface area contributed by atoms with Crippen molar-refractivity contribution in [2.45, 2.75) is 20.3 Å². The zero-order valence-electron chi connectivity index (χ0n) is 11.3. The van der Waals surface area contributed by atoms with Crippen molar-refractivity contribution in [2.24, 2.45) is 5.41 Å². The molecule has 0 fully saturated rings. The number of amides is 1. The number of hydrogen-bond donors (Lipinski definition) is 2. The van der Waals surface area contributed by atoms with E-state index in [1.54, 1.807) is 0 Å². The lowest BCUT2D eigenvalue weighted by atomic mass is 9.95. The summed E-state index contributed by atoms with van der Waals surface area (Å²) in [7, 11) is 0. The van der Waals surface area contributed by atoms with Crippen LogP contribution in [0.5, 0.6) is 5.75 Å². The highest BCUT2D eigenvalue weighted by atomic mass is 79.9. The fourth-order valence-corrected chi connectivity index (χ4v) is 1.54. The molecule has 0 spiro atoms. The number of ether oxygens (including phenoxy) is 1. The molecule has 0 aliphatic heterocycles. The van der Waals surface area contributed by atoms with Gasteiger partial charge < -0.3 is 15.2 Å². The van der Waals surface area contributed by atoms with E-state index >= 15 is 0 Å². The smallest absolute Gasteiger partial charge is 0.223 e. The second-order valence-electron chi connectivity index (χ2n) is 5.15. The normalized spacial score (nSPS) is 11.2. The van der Waals surface area contributed by atoms with Crippen LogP contribution >= 0.6 is 15.9 Å². The molecule has 106 valence electrons. The summed E-state index contributed by atoms with van der Waals surface area (Å²) in [6.45, 7) is 4.63. The van der Waals surface area contributed by atoms with E-state index in [1.165, 1.54) is 0 Å². The largest absolute Gasteiger partial charge is 0.493 e. The molecule has 19 heavy (non-hydrogen) atoms. The highest BCUT2D eigenvalue weighted by molar-refractivity contribution is 9.10. The van der Waals surface area contributed by atoms with Crippen LogP contribution in [-0.4, -0.2) is 30.8 Å². The Balaban J connectivity index is 2.22. The second-order valence-corrected chi connectivity index (χ2v) is 6.07. The van der Waals surface area contributed by atoms with Crippen molar-refractivity contribution in [1.82, 2.24) is 5.32 Å². The van der Waals surface area contributed by atoms with Gasteiger partial charge in [0.05, 0.1) is 13.0 Å². The molecule has 0 aliphatic carbocycles. The van der Waals surface area contributed by atoms with Gasteiger partial charge in [-0.15, -0.1) is 0 Å². The van der Waals surface area contributed by atoms with Gasteiger partial charge in [0.1, 0.15) is 5.75 Å². The molecule has 0 atom stereocenters. The van der Waals surface area contributed by atoms with Crippen molar-refractivity contribution in [3.05, 3.63) is 28.7 Å². The van der Waals surface area contributed by atoms with Gasteiger partial charge >= 0.3 is 0 Å². The van der Waals surface area contributed by atoms with Crippen LogP contribution in [0.3, 0.4) is 0 Å². The summed E-state index contributed by atoms with van der Waals surface area (Å²) in [4.78, 5) is 11.6. The van der Waals surface area contributed by atoms with E-state index in [0.29, 0.717) is 19.6 Å². The topological polar surface area (TPSA) is 58.6 Å². The highest BCUT2D eigenvalue weighted by Crippen LogP contribution is 2.16. The quantitative estimate of drug-likeness (QED) is 0.807. The standard InChI is InChI=1S/C14H20BrNO3/c1-14(2,10-17)9-16-13(18)7-8-19-12-5-3-11(15)4-6-12/h3-6,17H,7-10H2,1-2H3,(H,16,18). The minimum atomic E-state index is -0.289. The number of halogens is 1. The zero-order chi connectivity index (χ0) is 14.3. The third kappa shape index (κ3) is 6.59. The average Bonchev–Trinajstić information content (AvgIpc) is 2.39. The summed E-state index contributed by atoms with van der Waals surface area (Å²) in [6, 6.07) is 7.46. The molecular formula is C14H20BrNO3. The maximum atomic E-state index is 11.6. The van der Waals surface area contributed by atoms with Crippen LogP contribution in [0.1, 0.15) is 20.3 Å². The maximum absolute atomic E-state index is 11.6. The third-order valence-electron chi connectivity index (χ3n) is 2.60. The first-order valence-electron chi connectivity index (χ1n) is 6.19. The Morgan fingerprint density at radius 2 is 2.00 bits per heavy atom. The molecule has 0 aromatic heterocycles. The van der Waals surface area contributed by atoms with Crippen molar-refractivity contribution in [2.75, 3.05) is 19.8 Å². The van der Waals surface area contributed by atoms with Gasteiger partial charge in [-0.05, 0) is 24.3 Å². The molecular weight excluding hydrogens is 310 g/mol. The van der Waals surface area contributed by atoms with Gasteiger partial charge in [-0.3, -0.25) is 4.79 Å². The number of rotatable bonds is 7. The number of aliphatic hydroxyl groups is 1. The van der Waals surface area contributed by atoms with Crippen LogP contribution in [0.25, 0.3) is 0 Å². The van der Waals surface area contributed by atoms with E-state index in [0.717, 1.165) is 10.2 Å². The van der Waals surface area contributed by atoms with Gasteiger partial charge in [0, 0.05) is 23.0 Å². The van der Waals surface area contributed by atoms with Crippen molar-refractivity contribution in [3.63, 3.8) is 0 Å². The minimum Gasteiger partial charge on any atom is -0.493 e. The van der Waals surface area contributed by atoms with E-state index in [-0.39, 0.29) is 17.9 Å². The van der Waals surface area contributed by atoms with Crippen molar-refractivity contribution >= 4 is 21.8 Å². The molecule has 5 heteroatoms. The molecule has 0 aliphatic rings. The van der Waals surface area contributed by atoms with Gasteiger partial charge in [0.15, 0.2) is 0 Å². The lowest BCUT2D eigenvalue weighted by molar-refractivity contribution is -0.122. The SMILES string of the molecule is CC(C)(CO)CNC(=O)CCOc1ccc(Br)cc1. The Bertz CT molecular complexity index is 404. The van der Waals surface area contributed by atoms with Crippen LogP contribution in [0.2, 0.25) is 0 Å². The lowest BCUT2D eigenvalue weighted by Crippen LogP contribution is -2.36. The molecule has 0 saturated carbocycles. The predicted octanol–water partition coefficient (Wildman–Crippen LogP) is 2.35. The Kier molecular flexibility index (Phi) is 6.31. The van der Waals surface area contributed by atoms with Crippen LogP contribution in [0.15, 0.2) is 28.7 Å². The molecule has 0 radical (unpaired) electrons. The molecule has 4 nitrogen and oxygen atoms in total. The number of carbonyl (C=O) groups is 1. The van der Waals surface area contributed by atoms with Gasteiger partial charge in [-0.25, -0.2) is 0 Å². The van der Waals surface area contributed by atoms with E-state index in [2.05, 4.69) is 21.2 Å². The molecule has 0 saturated heterocycles. The van der Waals surface area contributed by atoms with Gasteiger partial charge in [-0.1, -0.05) is 29.8 Å². The van der Waals surface area contributed by atoms with Crippen LogP contribution < -0.4 is 10.1 Å². The van der Waals surface area contributed by atoms with E-state index < -0.39 is 0 Å². The fraction of sp³-hybridized carbons (Fsp3) is 0.500. The summed E-state index contributed by atoms with van der Waals surface area (Å²) >= 11 is 3.34. The second kappa shape index (κ2) is 7.50. The fourth-order valence-electron chi connectivity index (χ4n) is 1.27. The van der Waals surface area contributed by atoms with E-state index in [1.807, 2.05) is 38.1 Å². The zero-order valence-corrected chi connectivity index (χ0v) is 12.9. The summed E-state index contributed by atoms with van der Waals surface area (Å²) in [5.41, 5.74) is -0.289. The number of nitrogens with one attached hydrogen (secondary N) is 1. The van der Waals surface area contributed by atoms with Crippen molar-refractivity contribution < 1.29 is 14.6 Å². The van der Waals surface area contributed by atoms with E-state index in [9.17, 15) is 4.79 Å². The molecule has 2 N–H and O–H groups in total. The predicted molar refractivity (Wildman–Crippen MR) is 78.1 cm³/mol. The number of aliphatic hydroxyl groups excluding tert-OH is 1. The van der Waals surface area contributed by atoms with Gasteiger partial charge in [-0.2, -0.15) is 0 Å². The molecule has 1 amide bonds. The van der Waals surface area contributed by atoms with Crippen LogP contribution in [-0.2, 0) is 4.79 Å². The Hall–Kier alpha value is -1.07. The number of benzene rings is 1. The molecule has 0 heterocycles.